The van der Waals surface area contributed by atoms with Crippen molar-refractivity contribution in [2.45, 2.75) is 13.0 Å². The lowest BCUT2D eigenvalue weighted by Crippen LogP contribution is -2.17. The Morgan fingerprint density at radius 2 is 2.29 bits per heavy atom. The SMILES string of the molecule is CN(C)CCCn1ccc(=O)[nH]c1=S. The smallest absolute Gasteiger partial charge is 0.251 e. The highest BCUT2D eigenvalue weighted by Gasteiger charge is 1.94. The maximum atomic E-state index is 10.9. The third-order valence-electron chi connectivity index (χ3n) is 1.90. The summed E-state index contributed by atoms with van der Waals surface area (Å²) >= 11 is 5.01. The fourth-order valence-electron chi connectivity index (χ4n) is 1.18. The summed E-state index contributed by atoms with van der Waals surface area (Å²) in [5.41, 5.74) is -0.140. The monoisotopic (exact) mass is 213 g/mol. The molecule has 0 saturated heterocycles. The summed E-state index contributed by atoms with van der Waals surface area (Å²) in [7, 11) is 4.07. The maximum absolute atomic E-state index is 10.9. The second kappa shape index (κ2) is 5.07. The Hall–Kier alpha value is -0.940. The van der Waals surface area contributed by atoms with Gasteiger partial charge in [-0.1, -0.05) is 0 Å². The highest BCUT2D eigenvalue weighted by Crippen LogP contribution is 1.92. The number of hydrogen-bond donors (Lipinski definition) is 1. The highest BCUT2D eigenvalue weighted by molar-refractivity contribution is 7.71. The predicted octanol–water partition coefficient (Wildman–Crippen LogP) is 0.858. The molecule has 0 aliphatic heterocycles. The van der Waals surface area contributed by atoms with E-state index in [1.54, 1.807) is 6.20 Å². The summed E-state index contributed by atoms with van der Waals surface area (Å²) < 4.78 is 2.37. The van der Waals surface area contributed by atoms with Gasteiger partial charge in [0.05, 0.1) is 0 Å². The first-order valence-electron chi connectivity index (χ1n) is 4.54. The van der Waals surface area contributed by atoms with Crippen LogP contribution in [-0.4, -0.2) is 35.1 Å². The van der Waals surface area contributed by atoms with Crippen LogP contribution < -0.4 is 5.56 Å². The van der Waals surface area contributed by atoms with E-state index in [2.05, 4.69) is 9.88 Å². The van der Waals surface area contributed by atoms with E-state index >= 15 is 0 Å². The standard InChI is InChI=1S/C9H15N3OS/c1-11(2)5-3-6-12-7-4-8(13)10-9(12)14/h4,7H,3,5-6H2,1-2H3,(H,10,13,14). The molecular weight excluding hydrogens is 198 g/mol. The van der Waals surface area contributed by atoms with Crippen LogP contribution >= 0.6 is 12.2 Å². The first-order chi connectivity index (χ1) is 6.59. The summed E-state index contributed by atoms with van der Waals surface area (Å²) in [6.45, 7) is 1.86. The van der Waals surface area contributed by atoms with Gasteiger partial charge in [-0.2, -0.15) is 0 Å². The molecule has 0 saturated carbocycles. The molecule has 1 heterocycles. The molecule has 0 atom stereocenters. The average Bonchev–Trinajstić information content (AvgIpc) is 2.08. The third-order valence-corrected chi connectivity index (χ3v) is 2.24. The highest BCUT2D eigenvalue weighted by atomic mass is 32.1. The Balaban J connectivity index is 2.60. The number of H-pyrrole nitrogens is 1. The quantitative estimate of drug-likeness (QED) is 0.754. The Labute approximate surface area is 88.2 Å². The molecule has 0 amide bonds. The van der Waals surface area contributed by atoms with E-state index in [-0.39, 0.29) is 5.56 Å². The molecule has 0 radical (unpaired) electrons. The van der Waals surface area contributed by atoms with Crippen LogP contribution in [-0.2, 0) is 6.54 Å². The molecule has 0 aromatic carbocycles. The van der Waals surface area contributed by atoms with E-state index in [4.69, 9.17) is 12.2 Å². The number of nitrogens with one attached hydrogen (secondary N) is 1. The molecule has 1 rings (SSSR count). The predicted molar refractivity (Wildman–Crippen MR) is 59.1 cm³/mol. The van der Waals surface area contributed by atoms with Gasteiger partial charge in [0.1, 0.15) is 0 Å². The van der Waals surface area contributed by atoms with Crippen molar-refractivity contribution in [3.63, 3.8) is 0 Å². The van der Waals surface area contributed by atoms with Gasteiger partial charge >= 0.3 is 0 Å². The molecule has 1 aromatic rings. The first-order valence-corrected chi connectivity index (χ1v) is 4.95. The van der Waals surface area contributed by atoms with Crippen LogP contribution in [0.2, 0.25) is 0 Å². The van der Waals surface area contributed by atoms with Crippen molar-refractivity contribution >= 4 is 12.2 Å². The summed E-state index contributed by atoms with van der Waals surface area (Å²) in [6, 6.07) is 1.49. The van der Waals surface area contributed by atoms with Crippen LogP contribution in [0.15, 0.2) is 17.1 Å². The summed E-state index contributed by atoms with van der Waals surface area (Å²) in [6.07, 6.45) is 2.75. The van der Waals surface area contributed by atoms with Crippen LogP contribution in [0.4, 0.5) is 0 Å². The Bertz CT molecular complexity index is 394. The largest absolute Gasteiger partial charge is 0.325 e. The normalized spacial score (nSPS) is 10.8. The first kappa shape index (κ1) is 11.1. The Morgan fingerprint density at radius 3 is 2.86 bits per heavy atom. The number of aromatic amines is 1. The summed E-state index contributed by atoms with van der Waals surface area (Å²) in [4.78, 5) is 15.6. The van der Waals surface area contributed by atoms with E-state index in [1.807, 2.05) is 18.7 Å². The second-order valence-corrected chi connectivity index (χ2v) is 3.85. The Kier molecular flexibility index (Phi) is 4.03. The van der Waals surface area contributed by atoms with Gasteiger partial charge in [0.15, 0.2) is 4.77 Å². The minimum Gasteiger partial charge on any atom is -0.325 e. The lowest BCUT2D eigenvalue weighted by atomic mass is 10.4. The van der Waals surface area contributed by atoms with E-state index in [0.717, 1.165) is 19.5 Å². The third kappa shape index (κ3) is 3.43. The molecule has 0 spiro atoms. The zero-order chi connectivity index (χ0) is 10.6. The van der Waals surface area contributed by atoms with Crippen molar-refractivity contribution in [3.8, 4) is 0 Å². The van der Waals surface area contributed by atoms with Crippen LogP contribution in [0, 0.1) is 4.77 Å². The zero-order valence-electron chi connectivity index (χ0n) is 8.49. The van der Waals surface area contributed by atoms with Crippen molar-refractivity contribution in [1.82, 2.24) is 14.5 Å². The van der Waals surface area contributed by atoms with Crippen LogP contribution in [0.5, 0.6) is 0 Å². The van der Waals surface area contributed by atoms with Gasteiger partial charge in [-0.15, -0.1) is 0 Å². The van der Waals surface area contributed by atoms with Crippen molar-refractivity contribution in [1.29, 1.82) is 0 Å². The van der Waals surface area contributed by atoms with Crippen molar-refractivity contribution in [3.05, 3.63) is 27.4 Å². The van der Waals surface area contributed by atoms with E-state index < -0.39 is 0 Å². The molecular formula is C9H15N3OS. The van der Waals surface area contributed by atoms with Crippen molar-refractivity contribution in [2.75, 3.05) is 20.6 Å². The molecule has 1 aromatic heterocycles. The molecule has 4 nitrogen and oxygen atoms in total. The number of hydrogen-bond acceptors (Lipinski definition) is 3. The van der Waals surface area contributed by atoms with E-state index in [9.17, 15) is 4.79 Å². The van der Waals surface area contributed by atoms with Gasteiger partial charge in [0.25, 0.3) is 5.56 Å². The molecule has 1 N–H and O–H groups in total. The lowest BCUT2D eigenvalue weighted by molar-refractivity contribution is 0.385. The molecule has 0 unspecified atom stereocenters. The van der Waals surface area contributed by atoms with Gasteiger partial charge in [-0.3, -0.25) is 9.78 Å². The number of nitrogens with zero attached hydrogens (tertiary/aromatic N) is 2. The van der Waals surface area contributed by atoms with Crippen LogP contribution in [0.3, 0.4) is 0 Å². The second-order valence-electron chi connectivity index (χ2n) is 3.46. The molecule has 14 heavy (non-hydrogen) atoms. The molecule has 0 aliphatic carbocycles. The fraction of sp³-hybridized carbons (Fsp3) is 0.556. The van der Waals surface area contributed by atoms with E-state index in [1.165, 1.54) is 6.07 Å². The molecule has 0 fully saturated rings. The minimum atomic E-state index is -0.140. The van der Waals surface area contributed by atoms with Gasteiger partial charge in [0.2, 0.25) is 0 Å². The lowest BCUT2D eigenvalue weighted by Gasteiger charge is -2.10. The molecule has 0 bridgehead atoms. The van der Waals surface area contributed by atoms with E-state index in [0.29, 0.717) is 4.77 Å². The Morgan fingerprint density at radius 1 is 1.57 bits per heavy atom. The van der Waals surface area contributed by atoms with Gasteiger partial charge in [-0.25, -0.2) is 0 Å². The maximum Gasteiger partial charge on any atom is 0.251 e. The van der Waals surface area contributed by atoms with Gasteiger partial charge in [-0.05, 0) is 39.3 Å². The fourth-order valence-corrected chi connectivity index (χ4v) is 1.43. The topological polar surface area (TPSA) is 41.0 Å². The molecule has 78 valence electrons. The number of aryl methyl sites for hydroxylation is 1. The van der Waals surface area contributed by atoms with Crippen molar-refractivity contribution < 1.29 is 0 Å². The summed E-state index contributed by atoms with van der Waals surface area (Å²) in [5, 5.41) is 0. The summed E-state index contributed by atoms with van der Waals surface area (Å²) in [5.74, 6) is 0. The van der Waals surface area contributed by atoms with Gasteiger partial charge < -0.3 is 9.47 Å². The van der Waals surface area contributed by atoms with Crippen molar-refractivity contribution in [2.24, 2.45) is 0 Å². The molecule has 5 heteroatoms. The molecule has 0 aliphatic rings. The average molecular weight is 213 g/mol. The number of rotatable bonds is 4. The van der Waals surface area contributed by atoms with Crippen LogP contribution in [0.25, 0.3) is 0 Å². The van der Waals surface area contributed by atoms with Crippen LogP contribution in [0.1, 0.15) is 6.42 Å². The zero-order valence-corrected chi connectivity index (χ0v) is 9.30. The van der Waals surface area contributed by atoms with Gasteiger partial charge in [0, 0.05) is 18.8 Å². The number of aromatic nitrogens is 2. The minimum absolute atomic E-state index is 0.140.